The van der Waals surface area contributed by atoms with Crippen molar-refractivity contribution in [3.05, 3.63) is 108 Å². The topological polar surface area (TPSA) is 123 Å². The molecule has 9 heteroatoms. The summed E-state index contributed by atoms with van der Waals surface area (Å²) in [5.41, 5.74) is 1.12. The smallest absolute Gasteiger partial charge is 0.338 e. The van der Waals surface area contributed by atoms with Gasteiger partial charge in [0, 0.05) is 24.8 Å². The first-order valence-corrected chi connectivity index (χ1v) is 11.8. The Kier molecular flexibility index (Phi) is 8.63. The fourth-order valence-electron chi connectivity index (χ4n) is 4.14. The predicted molar refractivity (Wildman–Crippen MR) is 134 cm³/mol. The first-order valence-electron chi connectivity index (χ1n) is 11.8. The highest BCUT2D eigenvalue weighted by atomic mass is 16.6. The lowest BCUT2D eigenvalue weighted by Gasteiger charge is -2.44. The maximum absolute atomic E-state index is 12.9. The summed E-state index contributed by atoms with van der Waals surface area (Å²) >= 11 is 0. The van der Waals surface area contributed by atoms with E-state index in [2.05, 4.69) is 10.6 Å². The van der Waals surface area contributed by atoms with Crippen molar-refractivity contribution in [3.63, 3.8) is 0 Å². The molecule has 4 unspecified atom stereocenters. The van der Waals surface area contributed by atoms with Crippen LogP contribution in [-0.2, 0) is 14.2 Å². The quantitative estimate of drug-likeness (QED) is 0.402. The van der Waals surface area contributed by atoms with Crippen molar-refractivity contribution < 1.29 is 33.7 Å². The molecule has 0 bridgehead atoms. The molecule has 1 aliphatic heterocycles. The molecule has 1 aliphatic rings. The molecule has 192 valence electrons. The fraction of sp³-hybridized carbons (Fsp3) is 0.250. The number of esters is 1. The second-order valence-corrected chi connectivity index (χ2v) is 8.44. The van der Waals surface area contributed by atoms with Gasteiger partial charge in [-0.15, -0.1) is 0 Å². The van der Waals surface area contributed by atoms with Crippen molar-refractivity contribution in [2.75, 3.05) is 13.7 Å². The second-order valence-electron chi connectivity index (χ2n) is 8.44. The monoisotopic (exact) mass is 504 g/mol. The van der Waals surface area contributed by atoms with Gasteiger partial charge < -0.3 is 30.0 Å². The SMILES string of the molecule is COC1C(NC(=O)c2ccccc2)C(O)OC(CNC(=O)c2ccccc2)[C@@H]1OC(=O)c1ccccc1. The Bertz CT molecular complexity index is 1190. The van der Waals surface area contributed by atoms with Crippen LogP contribution in [0.2, 0.25) is 0 Å². The lowest BCUT2D eigenvalue weighted by Crippen LogP contribution is -2.66. The van der Waals surface area contributed by atoms with Gasteiger partial charge in [0.1, 0.15) is 18.2 Å². The first-order chi connectivity index (χ1) is 18.0. The number of hydrogen-bond donors (Lipinski definition) is 3. The molecule has 0 aromatic heterocycles. The Balaban J connectivity index is 1.55. The zero-order valence-corrected chi connectivity index (χ0v) is 20.2. The van der Waals surface area contributed by atoms with Crippen LogP contribution in [0.15, 0.2) is 91.0 Å². The zero-order chi connectivity index (χ0) is 26.2. The molecule has 0 radical (unpaired) electrons. The van der Waals surface area contributed by atoms with Gasteiger partial charge in [-0.25, -0.2) is 4.79 Å². The van der Waals surface area contributed by atoms with Crippen molar-refractivity contribution in [1.82, 2.24) is 10.6 Å². The average molecular weight is 505 g/mol. The number of nitrogens with one attached hydrogen (secondary N) is 2. The van der Waals surface area contributed by atoms with E-state index in [1.165, 1.54) is 7.11 Å². The molecule has 1 fully saturated rings. The first kappa shape index (κ1) is 26.0. The van der Waals surface area contributed by atoms with Crippen molar-refractivity contribution in [2.45, 2.75) is 30.6 Å². The van der Waals surface area contributed by atoms with Crippen LogP contribution >= 0.6 is 0 Å². The summed E-state index contributed by atoms with van der Waals surface area (Å²) in [4.78, 5) is 38.4. The van der Waals surface area contributed by atoms with E-state index in [1.807, 2.05) is 0 Å². The van der Waals surface area contributed by atoms with Gasteiger partial charge in [-0.3, -0.25) is 9.59 Å². The minimum absolute atomic E-state index is 0.0866. The summed E-state index contributed by atoms with van der Waals surface area (Å²) in [6.45, 7) is -0.0866. The van der Waals surface area contributed by atoms with Gasteiger partial charge >= 0.3 is 5.97 Å². The van der Waals surface area contributed by atoms with Gasteiger partial charge in [-0.05, 0) is 36.4 Å². The standard InChI is InChI=1S/C28H28N2O7/c1-35-24-22(30-26(32)19-13-7-3-8-14-19)28(34)36-21(17-29-25(31)18-11-5-2-6-12-18)23(24)37-27(33)20-15-9-4-10-16-20/h2-16,21-24,28,34H,17H2,1H3,(H,29,31)(H,30,32)/t21?,22?,23-,24?,28?/m0/s1. The molecular formula is C28H28N2O7. The number of ether oxygens (including phenoxy) is 3. The molecule has 3 N–H and O–H groups in total. The lowest BCUT2D eigenvalue weighted by molar-refractivity contribution is -0.248. The third-order valence-corrected chi connectivity index (χ3v) is 6.02. The molecule has 2 amide bonds. The molecule has 3 aromatic carbocycles. The summed E-state index contributed by atoms with van der Waals surface area (Å²) in [6.07, 6.45) is -4.52. The van der Waals surface area contributed by atoms with E-state index in [1.54, 1.807) is 91.0 Å². The van der Waals surface area contributed by atoms with Crippen LogP contribution in [0.25, 0.3) is 0 Å². The molecule has 1 saturated heterocycles. The molecule has 0 aliphatic carbocycles. The van der Waals surface area contributed by atoms with Gasteiger partial charge in [0.15, 0.2) is 12.4 Å². The lowest BCUT2D eigenvalue weighted by atomic mass is 9.95. The van der Waals surface area contributed by atoms with Gasteiger partial charge in [0.05, 0.1) is 5.56 Å². The molecule has 1 heterocycles. The van der Waals surface area contributed by atoms with Gasteiger partial charge in [0.2, 0.25) is 0 Å². The second kappa shape index (κ2) is 12.3. The average Bonchev–Trinajstić information content (AvgIpc) is 2.95. The number of carbonyl (C=O) groups excluding carboxylic acids is 3. The van der Waals surface area contributed by atoms with Crippen LogP contribution in [0.5, 0.6) is 0 Å². The number of amides is 2. The minimum Gasteiger partial charge on any atom is -0.453 e. The highest BCUT2D eigenvalue weighted by Gasteiger charge is 2.48. The number of benzene rings is 3. The predicted octanol–water partition coefficient (Wildman–Crippen LogP) is 2.17. The third kappa shape index (κ3) is 6.39. The summed E-state index contributed by atoms with van der Waals surface area (Å²) in [6, 6.07) is 24.4. The summed E-state index contributed by atoms with van der Waals surface area (Å²) in [7, 11) is 1.38. The normalized spacial score (nSPS) is 23.0. The highest BCUT2D eigenvalue weighted by Crippen LogP contribution is 2.26. The molecule has 4 rings (SSSR count). The number of aliphatic hydroxyl groups is 1. The molecule has 0 saturated carbocycles. The van der Waals surface area contributed by atoms with E-state index in [9.17, 15) is 19.5 Å². The minimum atomic E-state index is -1.50. The van der Waals surface area contributed by atoms with Crippen LogP contribution in [0, 0.1) is 0 Å². The molecule has 9 nitrogen and oxygen atoms in total. The van der Waals surface area contributed by atoms with E-state index in [-0.39, 0.29) is 12.5 Å². The fourth-order valence-corrected chi connectivity index (χ4v) is 4.14. The van der Waals surface area contributed by atoms with Crippen LogP contribution in [0.1, 0.15) is 31.1 Å². The highest BCUT2D eigenvalue weighted by molar-refractivity contribution is 5.95. The number of carbonyl (C=O) groups is 3. The van der Waals surface area contributed by atoms with Gasteiger partial charge in [-0.2, -0.15) is 0 Å². The zero-order valence-electron chi connectivity index (χ0n) is 20.2. The van der Waals surface area contributed by atoms with E-state index >= 15 is 0 Å². The van der Waals surface area contributed by atoms with Crippen molar-refractivity contribution in [3.8, 4) is 0 Å². The molecular weight excluding hydrogens is 476 g/mol. The van der Waals surface area contributed by atoms with Gasteiger partial charge in [-0.1, -0.05) is 54.6 Å². The van der Waals surface area contributed by atoms with Crippen LogP contribution < -0.4 is 10.6 Å². The Morgan fingerprint density at radius 1 is 0.784 bits per heavy atom. The van der Waals surface area contributed by atoms with E-state index in [0.717, 1.165) is 0 Å². The number of aliphatic hydroxyl groups excluding tert-OH is 1. The van der Waals surface area contributed by atoms with Gasteiger partial charge in [0.25, 0.3) is 11.8 Å². The van der Waals surface area contributed by atoms with Crippen LogP contribution in [0.3, 0.4) is 0 Å². The molecule has 5 atom stereocenters. The molecule has 37 heavy (non-hydrogen) atoms. The molecule has 3 aromatic rings. The van der Waals surface area contributed by atoms with E-state index < -0.39 is 42.5 Å². The van der Waals surface area contributed by atoms with Crippen molar-refractivity contribution in [2.24, 2.45) is 0 Å². The largest absolute Gasteiger partial charge is 0.453 e. The van der Waals surface area contributed by atoms with Crippen LogP contribution in [-0.4, -0.2) is 67.2 Å². The maximum atomic E-state index is 12.9. The number of hydrogen-bond acceptors (Lipinski definition) is 7. The van der Waals surface area contributed by atoms with Crippen LogP contribution in [0.4, 0.5) is 0 Å². The van der Waals surface area contributed by atoms with E-state index in [0.29, 0.717) is 16.7 Å². The Hall–Kier alpha value is -4.05. The summed E-state index contributed by atoms with van der Waals surface area (Å²) < 4.78 is 17.2. The third-order valence-electron chi connectivity index (χ3n) is 6.02. The Labute approximate surface area is 214 Å². The maximum Gasteiger partial charge on any atom is 0.338 e. The Morgan fingerprint density at radius 3 is 1.84 bits per heavy atom. The Morgan fingerprint density at radius 2 is 1.30 bits per heavy atom. The number of rotatable bonds is 8. The van der Waals surface area contributed by atoms with Crippen molar-refractivity contribution in [1.29, 1.82) is 0 Å². The molecule has 0 spiro atoms. The summed E-state index contributed by atoms with van der Waals surface area (Å²) in [5.74, 6) is -1.46. The number of methoxy groups -OCH3 is 1. The van der Waals surface area contributed by atoms with E-state index in [4.69, 9.17) is 14.2 Å². The van der Waals surface area contributed by atoms with Crippen molar-refractivity contribution >= 4 is 17.8 Å². The summed E-state index contributed by atoms with van der Waals surface area (Å²) in [5, 5.41) is 16.3.